The van der Waals surface area contributed by atoms with Gasteiger partial charge in [0.05, 0.1) is 34.0 Å². The molecule has 23 heavy (non-hydrogen) atoms. The molecule has 0 saturated carbocycles. The zero-order valence-corrected chi connectivity index (χ0v) is 13.9. The molecule has 0 bridgehead atoms. The van der Waals surface area contributed by atoms with Gasteiger partial charge < -0.3 is 25.3 Å². The molecule has 1 saturated heterocycles. The Bertz CT molecular complexity index is 516. The molecule has 1 aliphatic heterocycles. The Hall–Kier alpha value is -1.99. The number of guanidine groups is 1. The average Bonchev–Trinajstić information content (AvgIpc) is 2.60. The molecule has 0 unspecified atom stereocenters. The maximum Gasteiger partial charge on any atom is 0.188 e. The van der Waals surface area contributed by atoms with Gasteiger partial charge in [-0.2, -0.15) is 0 Å². The first kappa shape index (κ1) is 17.4. The fourth-order valence-corrected chi connectivity index (χ4v) is 2.38. The number of hydrogen-bond acceptors (Lipinski definition) is 5. The summed E-state index contributed by atoms with van der Waals surface area (Å²) in [6.45, 7) is 5.79. The lowest BCUT2D eigenvalue weighted by molar-refractivity contribution is 0.0389. The lowest BCUT2D eigenvalue weighted by atomic mass is 10.2. The van der Waals surface area contributed by atoms with Crippen LogP contribution in [-0.4, -0.2) is 64.5 Å². The number of benzene rings is 1. The summed E-state index contributed by atoms with van der Waals surface area (Å²) in [6, 6.07) is 5.72. The van der Waals surface area contributed by atoms with Crippen LogP contribution >= 0.6 is 0 Å². The van der Waals surface area contributed by atoms with Crippen molar-refractivity contribution in [1.82, 2.24) is 10.2 Å². The van der Waals surface area contributed by atoms with Crippen LogP contribution in [0.1, 0.15) is 5.56 Å². The summed E-state index contributed by atoms with van der Waals surface area (Å²) in [4.78, 5) is 6.70. The van der Waals surface area contributed by atoms with Crippen LogP contribution in [0.15, 0.2) is 23.2 Å². The van der Waals surface area contributed by atoms with E-state index in [9.17, 15) is 0 Å². The maximum absolute atomic E-state index is 5.90. The van der Waals surface area contributed by atoms with Gasteiger partial charge in [0.15, 0.2) is 17.5 Å². The molecule has 2 rings (SSSR count). The molecule has 0 atom stereocenters. The number of nitrogens with one attached hydrogen (secondary N) is 1. The maximum atomic E-state index is 5.90. The van der Waals surface area contributed by atoms with Crippen molar-refractivity contribution in [3.8, 4) is 11.5 Å². The van der Waals surface area contributed by atoms with E-state index in [1.807, 2.05) is 18.2 Å². The monoisotopic (exact) mass is 322 g/mol. The van der Waals surface area contributed by atoms with E-state index in [1.165, 1.54) is 0 Å². The zero-order chi connectivity index (χ0) is 16.5. The summed E-state index contributed by atoms with van der Waals surface area (Å²) in [5, 5.41) is 3.14. The summed E-state index contributed by atoms with van der Waals surface area (Å²) in [6.07, 6.45) is 0. The van der Waals surface area contributed by atoms with Crippen molar-refractivity contribution >= 4 is 5.96 Å². The molecule has 0 spiro atoms. The van der Waals surface area contributed by atoms with Crippen molar-refractivity contribution in [1.29, 1.82) is 0 Å². The highest BCUT2D eigenvalue weighted by atomic mass is 16.5. The van der Waals surface area contributed by atoms with Crippen LogP contribution < -0.4 is 20.5 Å². The van der Waals surface area contributed by atoms with Crippen molar-refractivity contribution < 1.29 is 14.2 Å². The summed E-state index contributed by atoms with van der Waals surface area (Å²) < 4.78 is 15.8. The van der Waals surface area contributed by atoms with Crippen molar-refractivity contribution in [2.45, 2.75) is 6.54 Å². The van der Waals surface area contributed by atoms with E-state index in [0.717, 1.165) is 45.0 Å². The van der Waals surface area contributed by atoms with Gasteiger partial charge in [-0.05, 0) is 17.7 Å². The second-order valence-corrected chi connectivity index (χ2v) is 5.27. The summed E-state index contributed by atoms with van der Waals surface area (Å²) in [5.41, 5.74) is 6.92. The minimum absolute atomic E-state index is 0.452. The van der Waals surface area contributed by atoms with E-state index in [4.69, 9.17) is 19.9 Å². The largest absolute Gasteiger partial charge is 0.493 e. The number of methoxy groups -OCH3 is 2. The van der Waals surface area contributed by atoms with Gasteiger partial charge in [0.2, 0.25) is 0 Å². The number of nitrogens with two attached hydrogens (primary N) is 1. The second kappa shape index (κ2) is 9.22. The van der Waals surface area contributed by atoms with Gasteiger partial charge in [0.25, 0.3) is 0 Å². The van der Waals surface area contributed by atoms with Gasteiger partial charge in [0.1, 0.15) is 0 Å². The van der Waals surface area contributed by atoms with Crippen molar-refractivity contribution in [2.75, 3.05) is 53.6 Å². The Morgan fingerprint density at radius 2 is 2.00 bits per heavy atom. The third-order valence-electron chi connectivity index (χ3n) is 3.72. The molecular formula is C16H26N4O3. The second-order valence-electron chi connectivity index (χ2n) is 5.27. The summed E-state index contributed by atoms with van der Waals surface area (Å²) in [5.74, 6) is 1.85. The van der Waals surface area contributed by atoms with Crippen LogP contribution in [0.5, 0.6) is 11.5 Å². The van der Waals surface area contributed by atoms with E-state index in [-0.39, 0.29) is 0 Å². The van der Waals surface area contributed by atoms with Crippen LogP contribution in [0, 0.1) is 0 Å². The van der Waals surface area contributed by atoms with Crippen molar-refractivity contribution in [3.63, 3.8) is 0 Å². The molecular weight excluding hydrogens is 296 g/mol. The molecule has 1 aromatic carbocycles. The fourth-order valence-electron chi connectivity index (χ4n) is 2.38. The van der Waals surface area contributed by atoms with Crippen molar-refractivity contribution in [3.05, 3.63) is 23.8 Å². The molecule has 3 N–H and O–H groups in total. The zero-order valence-electron chi connectivity index (χ0n) is 13.9. The van der Waals surface area contributed by atoms with Crippen molar-refractivity contribution in [2.24, 2.45) is 10.7 Å². The molecule has 0 aromatic heterocycles. The topological polar surface area (TPSA) is 81.3 Å². The molecule has 128 valence electrons. The highest BCUT2D eigenvalue weighted by Crippen LogP contribution is 2.27. The van der Waals surface area contributed by atoms with E-state index in [1.54, 1.807) is 14.2 Å². The third-order valence-corrected chi connectivity index (χ3v) is 3.72. The van der Waals surface area contributed by atoms with Gasteiger partial charge in [-0.25, -0.2) is 4.99 Å². The van der Waals surface area contributed by atoms with Crippen LogP contribution in [-0.2, 0) is 11.3 Å². The predicted octanol–water partition coefficient (Wildman–Crippen LogP) is 0.440. The molecule has 1 aliphatic rings. The number of ether oxygens (including phenoxy) is 3. The smallest absolute Gasteiger partial charge is 0.188 e. The summed E-state index contributed by atoms with van der Waals surface area (Å²) in [7, 11) is 3.23. The first-order valence-electron chi connectivity index (χ1n) is 7.77. The van der Waals surface area contributed by atoms with E-state index < -0.39 is 0 Å². The van der Waals surface area contributed by atoms with E-state index >= 15 is 0 Å². The number of hydrogen-bond donors (Lipinski definition) is 2. The molecule has 1 heterocycles. The number of nitrogens with zero attached hydrogens (tertiary/aromatic N) is 2. The van der Waals surface area contributed by atoms with Crippen LogP contribution in [0.4, 0.5) is 0 Å². The third kappa shape index (κ3) is 5.61. The molecule has 1 aromatic rings. The lowest BCUT2D eigenvalue weighted by Gasteiger charge is -2.26. The Morgan fingerprint density at radius 3 is 2.70 bits per heavy atom. The predicted molar refractivity (Wildman–Crippen MR) is 90.1 cm³/mol. The Morgan fingerprint density at radius 1 is 1.26 bits per heavy atom. The number of aliphatic imine (C=N–C) groups is 1. The van der Waals surface area contributed by atoms with E-state index in [2.05, 4.69) is 15.2 Å². The van der Waals surface area contributed by atoms with Gasteiger partial charge in [-0.3, -0.25) is 4.90 Å². The number of rotatable bonds is 7. The first-order chi connectivity index (χ1) is 11.2. The van der Waals surface area contributed by atoms with Crippen LogP contribution in [0.3, 0.4) is 0 Å². The average molecular weight is 322 g/mol. The minimum atomic E-state index is 0.452. The van der Waals surface area contributed by atoms with Crippen LogP contribution in [0.2, 0.25) is 0 Å². The van der Waals surface area contributed by atoms with Gasteiger partial charge in [0, 0.05) is 26.2 Å². The highest BCUT2D eigenvalue weighted by molar-refractivity contribution is 5.77. The van der Waals surface area contributed by atoms with E-state index in [0.29, 0.717) is 24.0 Å². The minimum Gasteiger partial charge on any atom is -0.493 e. The first-order valence-corrected chi connectivity index (χ1v) is 7.77. The number of morpholine rings is 1. The molecule has 0 radical (unpaired) electrons. The standard InChI is InChI=1S/C16H26N4O3/c1-21-14-4-3-13(11-15(14)22-2)12-19-16(17)18-5-6-20-7-9-23-10-8-20/h3-4,11H,5-10,12H2,1-2H3,(H3,17,18,19). The molecule has 0 aliphatic carbocycles. The lowest BCUT2D eigenvalue weighted by Crippen LogP contribution is -2.42. The Labute approximate surface area is 137 Å². The fraction of sp³-hybridized carbons (Fsp3) is 0.562. The normalized spacial score (nSPS) is 16.2. The molecule has 7 nitrogen and oxygen atoms in total. The van der Waals surface area contributed by atoms with Crippen LogP contribution in [0.25, 0.3) is 0 Å². The van der Waals surface area contributed by atoms with Gasteiger partial charge in [-0.15, -0.1) is 0 Å². The SMILES string of the molecule is COc1ccc(CN=C(N)NCCN2CCOCC2)cc1OC. The highest BCUT2D eigenvalue weighted by Gasteiger charge is 2.09. The van der Waals surface area contributed by atoms with Gasteiger partial charge >= 0.3 is 0 Å². The molecule has 1 fully saturated rings. The summed E-state index contributed by atoms with van der Waals surface area (Å²) >= 11 is 0. The van der Waals surface area contributed by atoms with Gasteiger partial charge in [-0.1, -0.05) is 6.07 Å². The molecule has 0 amide bonds. The molecule has 7 heteroatoms. The Balaban J connectivity index is 1.77. The quantitative estimate of drug-likeness (QED) is 0.560. The Kier molecular flexibility index (Phi) is 6.96.